The van der Waals surface area contributed by atoms with Crippen LogP contribution in [0.15, 0.2) is 12.3 Å². The highest BCUT2D eigenvalue weighted by Gasteiger charge is 2.38. The lowest BCUT2D eigenvalue weighted by molar-refractivity contribution is 0.0872. The first-order valence-electron chi connectivity index (χ1n) is 5.62. The van der Waals surface area contributed by atoms with Crippen LogP contribution in [-0.2, 0) is 12.2 Å². The van der Waals surface area contributed by atoms with Crippen molar-refractivity contribution in [3.8, 4) is 0 Å². The molecule has 1 saturated carbocycles. The third-order valence-corrected chi connectivity index (χ3v) is 3.30. The van der Waals surface area contributed by atoms with Gasteiger partial charge in [0.1, 0.15) is 0 Å². The van der Waals surface area contributed by atoms with Gasteiger partial charge in [-0.25, -0.2) is 4.39 Å². The minimum atomic E-state index is -1.21. The zero-order chi connectivity index (χ0) is 10.9. The highest BCUT2D eigenvalue weighted by Crippen LogP contribution is 2.40. The lowest BCUT2D eigenvalue weighted by Crippen LogP contribution is -2.35. The normalized spacial score (nSPS) is 31.8. The third kappa shape index (κ3) is 1.91. The third-order valence-electron chi connectivity index (χ3n) is 3.30. The van der Waals surface area contributed by atoms with Crippen LogP contribution in [-0.4, -0.2) is 15.8 Å². The molecule has 0 unspecified atom stereocenters. The number of rotatable bonds is 2. The average Bonchev–Trinajstić information content (AvgIpc) is 2.71. The number of hydrogen-bond acceptors (Lipinski definition) is 2. The topological polar surface area (TPSA) is 43.8 Å². The molecule has 1 aliphatic carbocycles. The van der Waals surface area contributed by atoms with Crippen LogP contribution in [0.3, 0.4) is 0 Å². The van der Waals surface area contributed by atoms with E-state index in [1.807, 2.05) is 6.92 Å². The molecule has 0 atom stereocenters. The first-order valence-corrected chi connectivity index (χ1v) is 5.62. The second-order valence-corrected chi connectivity index (χ2v) is 4.33. The van der Waals surface area contributed by atoms with Gasteiger partial charge in [0.2, 0.25) is 0 Å². The molecule has 3 nitrogen and oxygen atoms in total. The van der Waals surface area contributed by atoms with E-state index in [1.54, 1.807) is 16.9 Å². The number of nitrogens with two attached hydrogens (primary N) is 1. The predicted molar refractivity (Wildman–Crippen MR) is 57.1 cm³/mol. The summed E-state index contributed by atoms with van der Waals surface area (Å²) < 4.78 is 16.4. The van der Waals surface area contributed by atoms with Gasteiger partial charge in [0.15, 0.2) is 5.67 Å². The van der Waals surface area contributed by atoms with Gasteiger partial charge in [0.25, 0.3) is 0 Å². The molecule has 0 bridgehead atoms. The molecule has 0 aromatic carbocycles. The van der Waals surface area contributed by atoms with Crippen LogP contribution in [0.2, 0.25) is 0 Å². The van der Waals surface area contributed by atoms with E-state index in [2.05, 4.69) is 5.10 Å². The van der Waals surface area contributed by atoms with Gasteiger partial charge < -0.3 is 5.73 Å². The van der Waals surface area contributed by atoms with Crippen molar-refractivity contribution >= 4 is 0 Å². The van der Waals surface area contributed by atoms with Crippen molar-refractivity contribution in [2.45, 2.75) is 50.9 Å². The first kappa shape index (κ1) is 10.6. The van der Waals surface area contributed by atoms with Crippen molar-refractivity contribution < 1.29 is 4.39 Å². The quantitative estimate of drug-likeness (QED) is 0.812. The maximum Gasteiger partial charge on any atom is 0.152 e. The van der Waals surface area contributed by atoms with Gasteiger partial charge >= 0.3 is 0 Å². The Balaban J connectivity index is 2.22. The molecule has 1 aliphatic rings. The Kier molecular flexibility index (Phi) is 2.78. The summed E-state index contributed by atoms with van der Waals surface area (Å²) in [5, 5.41) is 4.12. The summed E-state index contributed by atoms with van der Waals surface area (Å²) in [6, 6.07) is 1.97. The summed E-state index contributed by atoms with van der Waals surface area (Å²) in [4.78, 5) is 0. The van der Waals surface area contributed by atoms with Crippen LogP contribution in [0, 0.1) is 0 Å². The number of aryl methyl sites for hydroxylation is 1. The fourth-order valence-electron chi connectivity index (χ4n) is 2.32. The molecule has 1 aromatic rings. The fraction of sp³-hybridized carbons (Fsp3) is 0.727. The molecule has 1 aromatic heterocycles. The van der Waals surface area contributed by atoms with Gasteiger partial charge in [-0.15, -0.1) is 0 Å². The fourth-order valence-corrected chi connectivity index (χ4v) is 2.32. The minimum Gasteiger partial charge on any atom is -0.328 e. The SMILES string of the molecule is CCn1nccc1C1(F)CCC(N)CC1. The summed E-state index contributed by atoms with van der Waals surface area (Å²) in [6.07, 6.45) is 4.27. The molecule has 2 rings (SSSR count). The molecule has 0 saturated heterocycles. The second-order valence-electron chi connectivity index (χ2n) is 4.33. The molecule has 84 valence electrons. The molecule has 0 amide bonds. The molecule has 0 aliphatic heterocycles. The number of aromatic nitrogens is 2. The summed E-state index contributed by atoms with van der Waals surface area (Å²) in [7, 11) is 0. The number of nitrogens with zero attached hydrogens (tertiary/aromatic N) is 2. The molecule has 2 N–H and O–H groups in total. The Bertz CT molecular complexity index is 326. The zero-order valence-electron chi connectivity index (χ0n) is 9.12. The lowest BCUT2D eigenvalue weighted by atomic mass is 9.82. The molecular weight excluding hydrogens is 193 g/mol. The van der Waals surface area contributed by atoms with E-state index in [9.17, 15) is 4.39 Å². The van der Waals surface area contributed by atoms with E-state index in [-0.39, 0.29) is 6.04 Å². The Morgan fingerprint density at radius 1 is 1.60 bits per heavy atom. The molecule has 0 radical (unpaired) electrons. The van der Waals surface area contributed by atoms with Crippen molar-refractivity contribution in [3.05, 3.63) is 18.0 Å². The monoisotopic (exact) mass is 211 g/mol. The van der Waals surface area contributed by atoms with Crippen molar-refractivity contribution in [1.82, 2.24) is 9.78 Å². The largest absolute Gasteiger partial charge is 0.328 e. The minimum absolute atomic E-state index is 0.173. The van der Waals surface area contributed by atoms with Crippen molar-refractivity contribution in [2.24, 2.45) is 5.73 Å². The Labute approximate surface area is 89.5 Å². The van der Waals surface area contributed by atoms with E-state index >= 15 is 0 Å². The van der Waals surface area contributed by atoms with Crippen LogP contribution in [0.25, 0.3) is 0 Å². The smallest absolute Gasteiger partial charge is 0.152 e. The molecule has 0 spiro atoms. The summed E-state index contributed by atoms with van der Waals surface area (Å²) in [6.45, 7) is 2.70. The molecule has 1 heterocycles. The standard InChI is InChI=1S/C11H18FN3/c1-2-15-10(5-8-14-15)11(12)6-3-9(13)4-7-11/h5,8-9H,2-4,6-7,13H2,1H3. The summed E-state index contributed by atoms with van der Waals surface area (Å²) >= 11 is 0. The van der Waals surface area contributed by atoms with Gasteiger partial charge in [0.05, 0.1) is 5.69 Å². The summed E-state index contributed by atoms with van der Waals surface area (Å²) in [5.74, 6) is 0. The van der Waals surface area contributed by atoms with Crippen LogP contribution in [0.4, 0.5) is 4.39 Å². The lowest BCUT2D eigenvalue weighted by Gasteiger charge is -2.32. The molecule has 15 heavy (non-hydrogen) atoms. The van der Waals surface area contributed by atoms with Crippen LogP contribution in [0.5, 0.6) is 0 Å². The zero-order valence-corrected chi connectivity index (χ0v) is 9.12. The highest BCUT2D eigenvalue weighted by atomic mass is 19.1. The number of hydrogen-bond donors (Lipinski definition) is 1. The van der Waals surface area contributed by atoms with Crippen molar-refractivity contribution in [2.75, 3.05) is 0 Å². The van der Waals surface area contributed by atoms with Gasteiger partial charge in [-0.2, -0.15) is 5.10 Å². The Morgan fingerprint density at radius 2 is 2.27 bits per heavy atom. The van der Waals surface area contributed by atoms with Crippen LogP contribution >= 0.6 is 0 Å². The maximum atomic E-state index is 14.6. The predicted octanol–water partition coefficient (Wildman–Crippen LogP) is 1.97. The Hall–Kier alpha value is -0.900. The van der Waals surface area contributed by atoms with E-state index < -0.39 is 5.67 Å². The highest BCUT2D eigenvalue weighted by molar-refractivity contribution is 5.13. The van der Waals surface area contributed by atoms with E-state index in [4.69, 9.17) is 5.73 Å². The Morgan fingerprint density at radius 3 is 2.87 bits per heavy atom. The number of halogens is 1. The molecular formula is C11H18FN3. The van der Waals surface area contributed by atoms with Crippen molar-refractivity contribution in [1.29, 1.82) is 0 Å². The molecule has 1 fully saturated rings. The maximum absolute atomic E-state index is 14.6. The summed E-state index contributed by atoms with van der Waals surface area (Å²) in [5.41, 5.74) is 5.30. The van der Waals surface area contributed by atoms with Gasteiger partial charge in [-0.05, 0) is 38.7 Å². The van der Waals surface area contributed by atoms with E-state index in [0.29, 0.717) is 12.8 Å². The average molecular weight is 211 g/mol. The van der Waals surface area contributed by atoms with E-state index in [1.165, 1.54) is 0 Å². The van der Waals surface area contributed by atoms with Crippen molar-refractivity contribution in [3.63, 3.8) is 0 Å². The van der Waals surface area contributed by atoms with Gasteiger partial charge in [-0.1, -0.05) is 0 Å². The number of alkyl halides is 1. The first-order chi connectivity index (χ1) is 7.15. The van der Waals surface area contributed by atoms with Crippen LogP contribution in [0.1, 0.15) is 38.3 Å². The second kappa shape index (κ2) is 3.93. The van der Waals surface area contributed by atoms with Gasteiger partial charge in [0, 0.05) is 18.8 Å². The van der Waals surface area contributed by atoms with Gasteiger partial charge in [-0.3, -0.25) is 4.68 Å². The molecule has 4 heteroatoms. The van der Waals surface area contributed by atoms with Crippen LogP contribution < -0.4 is 5.73 Å². The van der Waals surface area contributed by atoms with E-state index in [0.717, 1.165) is 25.1 Å².